The quantitative estimate of drug-likeness (QED) is 0.175. The molecule has 0 bridgehead atoms. The number of hydrogen-bond donors (Lipinski definition) is 1. The molecule has 11 rings (SSSR count). The summed E-state index contributed by atoms with van der Waals surface area (Å²) in [5.74, 6) is 1.73. The second-order valence-electron chi connectivity index (χ2n) is 16.4. The van der Waals surface area contributed by atoms with E-state index in [4.69, 9.17) is 9.97 Å². The van der Waals surface area contributed by atoms with Crippen LogP contribution in [0.5, 0.6) is 5.75 Å². The van der Waals surface area contributed by atoms with E-state index in [2.05, 4.69) is 181 Å². The fraction of sp³-hybridized carbons (Fsp3) is 0.111. The number of pyridine rings is 1. The second kappa shape index (κ2) is 13.8. The van der Waals surface area contributed by atoms with Crippen molar-refractivity contribution in [2.45, 2.75) is 39.5 Å². The molecule has 4 heterocycles. The van der Waals surface area contributed by atoms with Crippen molar-refractivity contribution < 1.29 is 5.11 Å². The topological polar surface area (TPSA) is 60.8 Å². The summed E-state index contributed by atoms with van der Waals surface area (Å²) in [6.45, 7) is 9.12. The monoisotopic (exact) mass is 777 g/mol. The van der Waals surface area contributed by atoms with Crippen molar-refractivity contribution in [2.75, 3.05) is 0 Å². The van der Waals surface area contributed by atoms with Crippen LogP contribution < -0.4 is 0 Å². The molecule has 290 valence electrons. The lowest BCUT2D eigenvalue weighted by Crippen LogP contribution is -2.08. The first-order chi connectivity index (χ1) is 29.4. The first-order valence-corrected chi connectivity index (χ1v) is 20.8. The Morgan fingerprint density at radius 3 is 1.73 bits per heavy atom. The molecular weight excluding hydrogens is 735 g/mol. The van der Waals surface area contributed by atoms with Crippen molar-refractivity contribution in [3.05, 3.63) is 181 Å². The third-order valence-corrected chi connectivity index (χ3v) is 12.1. The van der Waals surface area contributed by atoms with Crippen LogP contribution in [0, 0.1) is 0 Å². The Balaban J connectivity index is 1.29. The minimum atomic E-state index is 0.203. The second-order valence-corrected chi connectivity index (χ2v) is 16.4. The van der Waals surface area contributed by atoms with Gasteiger partial charge in [-0.25, -0.2) is 9.97 Å². The van der Waals surface area contributed by atoms with Gasteiger partial charge in [-0.1, -0.05) is 107 Å². The summed E-state index contributed by atoms with van der Waals surface area (Å²) in [7, 11) is 0. The van der Waals surface area contributed by atoms with Gasteiger partial charge >= 0.3 is 0 Å². The molecular formula is C54H43N5O. The highest BCUT2D eigenvalue weighted by atomic mass is 16.3. The van der Waals surface area contributed by atoms with Gasteiger partial charge in [-0.2, -0.15) is 0 Å². The molecule has 0 saturated carbocycles. The van der Waals surface area contributed by atoms with E-state index in [1.54, 1.807) is 6.07 Å². The highest BCUT2D eigenvalue weighted by Crippen LogP contribution is 2.45. The normalized spacial score (nSPS) is 12.0. The lowest BCUT2D eigenvalue weighted by molar-refractivity contribution is 0.477. The van der Waals surface area contributed by atoms with Crippen LogP contribution in [0.15, 0.2) is 170 Å². The summed E-state index contributed by atoms with van der Waals surface area (Å²) in [6.07, 6.45) is 0. The van der Waals surface area contributed by atoms with Crippen molar-refractivity contribution in [1.82, 2.24) is 23.7 Å². The van der Waals surface area contributed by atoms with Gasteiger partial charge in [0.1, 0.15) is 11.6 Å². The number of aromatic nitrogens is 5. The van der Waals surface area contributed by atoms with Gasteiger partial charge in [-0.15, -0.1) is 0 Å². The van der Waals surface area contributed by atoms with Gasteiger partial charge in [0, 0.05) is 38.7 Å². The summed E-state index contributed by atoms with van der Waals surface area (Å²) in [5, 5.41) is 14.3. The molecule has 0 unspecified atom stereocenters. The predicted octanol–water partition coefficient (Wildman–Crippen LogP) is 13.9. The number of phenols is 1. The summed E-state index contributed by atoms with van der Waals surface area (Å²) >= 11 is 0. The van der Waals surface area contributed by atoms with E-state index >= 15 is 0 Å². The Kier molecular flexibility index (Phi) is 8.24. The van der Waals surface area contributed by atoms with Crippen LogP contribution in [-0.2, 0) is 0 Å². The van der Waals surface area contributed by atoms with E-state index < -0.39 is 0 Å². The molecule has 0 aliphatic carbocycles. The molecule has 0 atom stereocenters. The average Bonchev–Trinajstić information content (AvgIpc) is 3.94. The van der Waals surface area contributed by atoms with Crippen LogP contribution in [0.2, 0.25) is 0 Å². The van der Waals surface area contributed by atoms with Crippen molar-refractivity contribution in [3.63, 3.8) is 0 Å². The van der Waals surface area contributed by atoms with E-state index in [0.717, 1.165) is 83.2 Å². The maximum atomic E-state index is 11.0. The number of aromatic hydroxyl groups is 1. The van der Waals surface area contributed by atoms with Crippen molar-refractivity contribution in [3.8, 4) is 45.5 Å². The van der Waals surface area contributed by atoms with Crippen molar-refractivity contribution in [2.24, 2.45) is 0 Å². The molecule has 7 aromatic carbocycles. The molecule has 6 nitrogen and oxygen atoms in total. The number of para-hydroxylation sites is 6. The summed E-state index contributed by atoms with van der Waals surface area (Å²) in [4.78, 5) is 10.9. The Morgan fingerprint density at radius 2 is 1.05 bits per heavy atom. The van der Waals surface area contributed by atoms with Crippen molar-refractivity contribution in [1.29, 1.82) is 0 Å². The van der Waals surface area contributed by atoms with Crippen LogP contribution in [0.4, 0.5) is 0 Å². The van der Waals surface area contributed by atoms with Crippen LogP contribution >= 0.6 is 0 Å². The Morgan fingerprint density at radius 1 is 0.467 bits per heavy atom. The van der Waals surface area contributed by atoms with Gasteiger partial charge in [0.05, 0.1) is 50.0 Å². The highest BCUT2D eigenvalue weighted by Gasteiger charge is 2.25. The van der Waals surface area contributed by atoms with E-state index in [9.17, 15) is 5.11 Å². The van der Waals surface area contributed by atoms with Crippen molar-refractivity contribution >= 4 is 54.8 Å². The predicted molar refractivity (Wildman–Crippen MR) is 248 cm³/mol. The minimum absolute atomic E-state index is 0.203. The van der Waals surface area contributed by atoms with Gasteiger partial charge in [0.15, 0.2) is 0 Å². The Hall–Kier alpha value is -7.44. The van der Waals surface area contributed by atoms with Crippen LogP contribution in [0.1, 0.15) is 50.7 Å². The van der Waals surface area contributed by atoms with Gasteiger partial charge in [-0.05, 0) is 114 Å². The van der Waals surface area contributed by atoms with E-state index in [1.807, 2.05) is 24.3 Å². The SMILES string of the molecule is CC(C)c1cccc(C(C)C)c1-n1c(-c2ccc3c(c2)c2c4c5nc(-c6ccccc6O)ccc5n(-c5ccccc5)c4ccc2n3-c2ccccc2)nc2ccccc21. The standard InChI is InChI=1S/C54H43N5O/c1-33(2)38-21-15-22-39(34(3)4)53(38)59-45-24-13-12-23-43(45)56-54(59)35-26-28-44-41(32-35)50-46(57(44)36-16-7-5-8-17-36)30-31-47-51(50)52-48(58(47)37-18-9-6-10-19-37)29-27-42(55-52)40-20-11-14-25-49(40)60/h5-34,60H,1-4H3. The first-order valence-electron chi connectivity index (χ1n) is 20.8. The fourth-order valence-electron chi connectivity index (χ4n) is 9.38. The molecule has 60 heavy (non-hydrogen) atoms. The summed E-state index contributed by atoms with van der Waals surface area (Å²) in [5.41, 5.74) is 15.6. The molecule has 0 aliphatic heterocycles. The smallest absolute Gasteiger partial charge is 0.145 e. The molecule has 0 saturated heterocycles. The zero-order valence-corrected chi connectivity index (χ0v) is 34.0. The van der Waals surface area contributed by atoms with Crippen LogP contribution in [0.25, 0.3) is 94.5 Å². The number of nitrogens with zero attached hydrogens (tertiary/aromatic N) is 5. The molecule has 4 aromatic heterocycles. The van der Waals surface area contributed by atoms with E-state index in [-0.39, 0.29) is 5.75 Å². The van der Waals surface area contributed by atoms with E-state index in [0.29, 0.717) is 17.4 Å². The van der Waals surface area contributed by atoms with Crippen LogP contribution in [0.3, 0.4) is 0 Å². The van der Waals surface area contributed by atoms with E-state index in [1.165, 1.54) is 16.8 Å². The molecule has 0 amide bonds. The zero-order chi connectivity index (χ0) is 40.6. The molecule has 11 aromatic rings. The maximum absolute atomic E-state index is 11.0. The molecule has 1 N–H and O–H groups in total. The average molecular weight is 778 g/mol. The minimum Gasteiger partial charge on any atom is -0.507 e. The summed E-state index contributed by atoms with van der Waals surface area (Å²) < 4.78 is 7.10. The molecule has 0 spiro atoms. The number of fused-ring (bicyclic) bond motifs is 8. The van der Waals surface area contributed by atoms with Gasteiger partial charge in [0.25, 0.3) is 0 Å². The fourth-order valence-corrected chi connectivity index (χ4v) is 9.38. The molecule has 0 radical (unpaired) electrons. The van der Waals surface area contributed by atoms with Gasteiger partial charge in [-0.3, -0.25) is 4.57 Å². The maximum Gasteiger partial charge on any atom is 0.145 e. The molecule has 0 aliphatic rings. The third-order valence-electron chi connectivity index (χ3n) is 12.1. The molecule has 0 fully saturated rings. The Bertz CT molecular complexity index is 3420. The number of imidazole rings is 1. The van der Waals surface area contributed by atoms with Gasteiger partial charge in [0.2, 0.25) is 0 Å². The lowest BCUT2D eigenvalue weighted by atomic mass is 9.92. The van der Waals surface area contributed by atoms with Crippen LogP contribution in [-0.4, -0.2) is 28.8 Å². The van der Waals surface area contributed by atoms with Gasteiger partial charge < -0.3 is 14.2 Å². The number of benzene rings is 7. The summed E-state index contributed by atoms with van der Waals surface area (Å²) in [6, 6.07) is 59.3. The number of hydrogen-bond acceptors (Lipinski definition) is 3. The number of phenolic OH excluding ortho intramolecular Hbond substituents is 1. The molecule has 6 heteroatoms. The first kappa shape index (κ1) is 35.7. The number of rotatable bonds is 7. The largest absolute Gasteiger partial charge is 0.507 e. The lowest BCUT2D eigenvalue weighted by Gasteiger charge is -2.22. The Labute approximate surface area is 348 Å². The zero-order valence-electron chi connectivity index (χ0n) is 34.0. The third kappa shape index (κ3) is 5.41. The highest BCUT2D eigenvalue weighted by molar-refractivity contribution is 6.28.